The first-order valence-corrected chi connectivity index (χ1v) is 10.6. The second-order valence-electron chi connectivity index (χ2n) is 8.19. The molecule has 0 radical (unpaired) electrons. The molecule has 1 amide bonds. The van der Waals surface area contributed by atoms with Crippen molar-refractivity contribution >= 4 is 5.91 Å². The Bertz CT molecular complexity index is 1250. The molecule has 1 unspecified atom stereocenters. The van der Waals surface area contributed by atoms with E-state index in [1.54, 1.807) is 22.9 Å². The molecule has 5 rings (SSSR count). The summed E-state index contributed by atoms with van der Waals surface area (Å²) in [5.41, 5.74) is 0.793. The second kappa shape index (κ2) is 8.40. The summed E-state index contributed by atoms with van der Waals surface area (Å²) >= 11 is 0. The zero-order valence-corrected chi connectivity index (χ0v) is 17.7. The number of hydrogen-bond donors (Lipinski definition) is 1. The predicted octanol–water partition coefficient (Wildman–Crippen LogP) is 2.55. The average Bonchev–Trinajstić information content (AvgIpc) is 3.51. The van der Waals surface area contributed by atoms with Gasteiger partial charge in [0.1, 0.15) is 18.5 Å². The lowest BCUT2D eigenvalue weighted by Crippen LogP contribution is -2.43. The number of alkyl halides is 3. The first-order chi connectivity index (χ1) is 16.3. The van der Waals surface area contributed by atoms with Crippen LogP contribution in [0.4, 0.5) is 13.2 Å². The highest BCUT2D eigenvalue weighted by atomic mass is 19.4. The lowest BCUT2D eigenvalue weighted by molar-refractivity contribution is -0.137. The lowest BCUT2D eigenvalue weighted by Gasteiger charge is -2.26. The van der Waals surface area contributed by atoms with Gasteiger partial charge < -0.3 is 14.8 Å². The van der Waals surface area contributed by atoms with Crippen molar-refractivity contribution in [1.82, 2.24) is 24.9 Å². The summed E-state index contributed by atoms with van der Waals surface area (Å²) in [5, 5.41) is 20.0. The van der Waals surface area contributed by atoms with E-state index in [1.807, 2.05) is 0 Å². The third-order valence-corrected chi connectivity index (χ3v) is 5.71. The number of nitrogens with zero attached hydrogens (tertiary/aromatic N) is 5. The number of rotatable bonds is 5. The van der Waals surface area contributed by atoms with Crippen molar-refractivity contribution in [2.75, 3.05) is 6.61 Å². The van der Waals surface area contributed by atoms with Crippen molar-refractivity contribution in [3.63, 3.8) is 0 Å². The number of carbonyl (C=O) groups is 1. The van der Waals surface area contributed by atoms with Gasteiger partial charge in [0.25, 0.3) is 5.91 Å². The van der Waals surface area contributed by atoms with Crippen molar-refractivity contribution in [2.45, 2.75) is 44.3 Å². The van der Waals surface area contributed by atoms with E-state index in [1.165, 1.54) is 10.7 Å². The molecule has 0 spiro atoms. The van der Waals surface area contributed by atoms with Crippen LogP contribution in [-0.4, -0.2) is 44.2 Å². The topological polar surface area (TPSA) is 107 Å². The highest BCUT2D eigenvalue weighted by Gasteiger charge is 2.33. The maximum absolute atomic E-state index is 12.7. The minimum atomic E-state index is -4.42. The van der Waals surface area contributed by atoms with Crippen LogP contribution in [0.5, 0.6) is 11.6 Å². The molecule has 0 saturated carbocycles. The van der Waals surface area contributed by atoms with E-state index in [2.05, 4.69) is 21.6 Å². The highest BCUT2D eigenvalue weighted by molar-refractivity contribution is 5.92. The zero-order valence-electron chi connectivity index (χ0n) is 17.7. The number of nitrogens with one attached hydrogen (secondary N) is 1. The number of amides is 1. The maximum atomic E-state index is 12.7. The van der Waals surface area contributed by atoms with Gasteiger partial charge in [0, 0.05) is 25.2 Å². The molecule has 0 fully saturated rings. The number of halogens is 3. The van der Waals surface area contributed by atoms with E-state index < -0.39 is 11.7 Å². The van der Waals surface area contributed by atoms with Gasteiger partial charge in [-0.25, -0.2) is 4.68 Å². The molecular weight excluding hydrogens is 453 g/mol. The number of benzene rings is 1. The molecule has 9 nitrogen and oxygen atoms in total. The number of fused-ring (bicyclic) bond motifs is 2. The summed E-state index contributed by atoms with van der Waals surface area (Å²) in [6.45, 7) is 0.947. The van der Waals surface area contributed by atoms with E-state index in [0.29, 0.717) is 43.2 Å². The third kappa shape index (κ3) is 4.41. The van der Waals surface area contributed by atoms with Crippen LogP contribution in [0, 0.1) is 11.3 Å². The fourth-order valence-corrected chi connectivity index (χ4v) is 4.01. The molecule has 2 aromatic heterocycles. The molecular formula is C22H19F3N6O3. The molecule has 34 heavy (non-hydrogen) atoms. The second-order valence-corrected chi connectivity index (χ2v) is 8.19. The highest BCUT2D eigenvalue weighted by Crippen LogP contribution is 2.29. The summed E-state index contributed by atoms with van der Waals surface area (Å²) in [6, 6.07) is 8.55. The van der Waals surface area contributed by atoms with Crippen LogP contribution in [0.25, 0.3) is 0 Å². The first kappa shape index (κ1) is 21.8. The predicted molar refractivity (Wildman–Crippen MR) is 110 cm³/mol. The Morgan fingerprint density at radius 2 is 2.18 bits per heavy atom. The Kier molecular flexibility index (Phi) is 5.39. The van der Waals surface area contributed by atoms with Crippen LogP contribution in [0.1, 0.15) is 33.6 Å². The molecule has 2 atom stereocenters. The van der Waals surface area contributed by atoms with Gasteiger partial charge in [-0.05, 0) is 30.2 Å². The van der Waals surface area contributed by atoms with Gasteiger partial charge in [0.05, 0.1) is 36.0 Å². The van der Waals surface area contributed by atoms with Crippen molar-refractivity contribution in [3.05, 3.63) is 59.0 Å². The van der Waals surface area contributed by atoms with Gasteiger partial charge in [-0.2, -0.15) is 28.6 Å². The molecule has 2 aliphatic heterocycles. The Labute approximate surface area is 191 Å². The lowest BCUT2D eigenvalue weighted by atomic mass is 10.0. The minimum absolute atomic E-state index is 0.201. The molecule has 0 saturated heterocycles. The summed E-state index contributed by atoms with van der Waals surface area (Å²) in [7, 11) is 0. The van der Waals surface area contributed by atoms with Crippen LogP contribution in [0.3, 0.4) is 0 Å². The van der Waals surface area contributed by atoms with Crippen molar-refractivity contribution in [1.29, 1.82) is 5.26 Å². The van der Waals surface area contributed by atoms with E-state index >= 15 is 0 Å². The Balaban J connectivity index is 1.14. The largest absolute Gasteiger partial charge is 0.491 e. The molecule has 0 bridgehead atoms. The van der Waals surface area contributed by atoms with Crippen LogP contribution in [-0.2, 0) is 25.7 Å². The Morgan fingerprint density at radius 1 is 1.32 bits per heavy atom. The van der Waals surface area contributed by atoms with Gasteiger partial charge in [-0.3, -0.25) is 9.48 Å². The van der Waals surface area contributed by atoms with Gasteiger partial charge in [-0.15, -0.1) is 0 Å². The summed E-state index contributed by atoms with van der Waals surface area (Å²) < 4.78 is 52.3. The third-order valence-electron chi connectivity index (χ3n) is 5.71. The van der Waals surface area contributed by atoms with E-state index in [9.17, 15) is 18.0 Å². The molecule has 2 aliphatic rings. The quantitative estimate of drug-likeness (QED) is 0.612. The SMILES string of the molecule is N#Cc1ccc2c(c1)C[C@@H](NC(=O)c1cc3n(n1)CC(CCn1cc(C(F)(F)F)cn1)O3)CO2. The van der Waals surface area contributed by atoms with Gasteiger partial charge in [0.15, 0.2) is 5.69 Å². The van der Waals surface area contributed by atoms with Crippen molar-refractivity contribution in [3.8, 4) is 17.7 Å². The fourth-order valence-electron chi connectivity index (χ4n) is 4.01. The fraction of sp³-hybridized carbons (Fsp3) is 0.364. The number of ether oxygens (including phenoxy) is 2. The summed E-state index contributed by atoms with van der Waals surface area (Å²) in [5.74, 6) is 0.761. The molecule has 12 heteroatoms. The summed E-state index contributed by atoms with van der Waals surface area (Å²) in [6.07, 6.45) is -1.97. The van der Waals surface area contributed by atoms with Gasteiger partial charge >= 0.3 is 6.18 Å². The van der Waals surface area contributed by atoms with Crippen molar-refractivity contribution < 1.29 is 27.4 Å². The number of nitriles is 1. The number of aryl methyl sites for hydroxylation is 1. The summed E-state index contributed by atoms with van der Waals surface area (Å²) in [4.78, 5) is 12.7. The van der Waals surface area contributed by atoms with Crippen LogP contribution in [0.2, 0.25) is 0 Å². The van der Waals surface area contributed by atoms with Crippen molar-refractivity contribution in [2.24, 2.45) is 0 Å². The smallest absolute Gasteiger partial charge is 0.419 e. The van der Waals surface area contributed by atoms with Crippen LogP contribution >= 0.6 is 0 Å². The average molecular weight is 472 g/mol. The van der Waals surface area contributed by atoms with Gasteiger partial charge in [-0.1, -0.05) is 0 Å². The molecule has 0 aliphatic carbocycles. The number of aromatic nitrogens is 4. The number of carbonyl (C=O) groups excluding carboxylic acids is 1. The molecule has 1 aromatic carbocycles. The van der Waals surface area contributed by atoms with Gasteiger partial charge in [0.2, 0.25) is 5.88 Å². The normalized spacial score (nSPS) is 18.9. The first-order valence-electron chi connectivity index (χ1n) is 10.6. The van der Waals surface area contributed by atoms with Crippen LogP contribution in [0.15, 0.2) is 36.7 Å². The van der Waals surface area contributed by atoms with Crippen LogP contribution < -0.4 is 14.8 Å². The Morgan fingerprint density at radius 3 is 2.91 bits per heavy atom. The standard InChI is InChI=1S/C22H19F3N6O3/c23-22(24,25)15-9-27-30(10-15)4-3-17-11-31-20(34-17)7-18(29-31)21(32)28-16-6-14-5-13(8-26)1-2-19(14)33-12-16/h1-2,5,7,9-10,16-17H,3-4,6,11-12H2,(H,28,32)/t16-,17?/m1/s1. The molecule has 4 heterocycles. The molecule has 3 aromatic rings. The Hall–Kier alpha value is -4.01. The van der Waals surface area contributed by atoms with E-state index in [4.69, 9.17) is 14.7 Å². The zero-order chi connectivity index (χ0) is 23.9. The van der Waals surface area contributed by atoms with E-state index in [0.717, 1.165) is 18.0 Å². The minimum Gasteiger partial charge on any atom is -0.491 e. The van der Waals surface area contributed by atoms with E-state index in [-0.39, 0.29) is 30.3 Å². The molecule has 176 valence electrons. The monoisotopic (exact) mass is 472 g/mol. The number of hydrogen-bond acceptors (Lipinski definition) is 6. The maximum Gasteiger partial charge on any atom is 0.419 e. The molecule has 1 N–H and O–H groups in total.